The average molecular weight is 402 g/mol. The van der Waals surface area contributed by atoms with E-state index in [1.54, 1.807) is 12.1 Å². The van der Waals surface area contributed by atoms with Crippen LogP contribution in [0.3, 0.4) is 0 Å². The normalized spacial score (nSPS) is 16.7. The molecule has 0 bridgehead atoms. The molecule has 1 saturated heterocycles. The standard InChI is InChI=1S/C17H21Cl2N3O4/c1-2-5-26-15-13(18)7-11(8-14(15)19)9-21-22-17(24)16(23)20-10-12-4-3-6-25-12/h7-9,12H,2-6,10H2,1H3,(H,20,23)(H,22,24)/b21-9-/t12-/m0/s1. The number of carbonyl (C=O) groups is 2. The van der Waals surface area contributed by atoms with Crippen molar-refractivity contribution in [2.45, 2.75) is 32.3 Å². The molecule has 1 aliphatic heterocycles. The van der Waals surface area contributed by atoms with Crippen LogP contribution in [0.5, 0.6) is 5.75 Å². The van der Waals surface area contributed by atoms with Crippen LogP contribution in [0, 0.1) is 0 Å². The van der Waals surface area contributed by atoms with Crippen molar-refractivity contribution >= 4 is 41.2 Å². The molecule has 1 fully saturated rings. The number of ether oxygens (including phenoxy) is 2. The van der Waals surface area contributed by atoms with Crippen molar-refractivity contribution in [3.05, 3.63) is 27.7 Å². The van der Waals surface area contributed by atoms with Crippen molar-refractivity contribution in [1.82, 2.24) is 10.7 Å². The smallest absolute Gasteiger partial charge is 0.329 e. The van der Waals surface area contributed by atoms with E-state index < -0.39 is 11.8 Å². The van der Waals surface area contributed by atoms with Gasteiger partial charge in [0.1, 0.15) is 0 Å². The van der Waals surface area contributed by atoms with Crippen LogP contribution in [0.2, 0.25) is 10.0 Å². The van der Waals surface area contributed by atoms with Gasteiger partial charge in [-0.15, -0.1) is 0 Å². The van der Waals surface area contributed by atoms with E-state index in [0.29, 0.717) is 41.1 Å². The van der Waals surface area contributed by atoms with Gasteiger partial charge in [0.2, 0.25) is 0 Å². The van der Waals surface area contributed by atoms with Crippen LogP contribution in [-0.2, 0) is 14.3 Å². The molecule has 1 atom stereocenters. The molecule has 0 aromatic heterocycles. The van der Waals surface area contributed by atoms with Gasteiger partial charge in [-0.2, -0.15) is 5.10 Å². The highest BCUT2D eigenvalue weighted by Gasteiger charge is 2.19. The molecule has 0 saturated carbocycles. The fourth-order valence-electron chi connectivity index (χ4n) is 2.30. The fourth-order valence-corrected chi connectivity index (χ4v) is 2.92. The van der Waals surface area contributed by atoms with Gasteiger partial charge < -0.3 is 14.8 Å². The maximum Gasteiger partial charge on any atom is 0.329 e. The molecular weight excluding hydrogens is 381 g/mol. The second kappa shape index (κ2) is 10.4. The van der Waals surface area contributed by atoms with Gasteiger partial charge >= 0.3 is 11.8 Å². The van der Waals surface area contributed by atoms with E-state index in [9.17, 15) is 9.59 Å². The summed E-state index contributed by atoms with van der Waals surface area (Å²) in [4.78, 5) is 23.4. The Labute approximate surface area is 162 Å². The average Bonchev–Trinajstić information content (AvgIpc) is 3.12. The summed E-state index contributed by atoms with van der Waals surface area (Å²) in [5.41, 5.74) is 2.71. The maximum absolute atomic E-state index is 11.7. The van der Waals surface area contributed by atoms with Crippen LogP contribution in [0.4, 0.5) is 0 Å². The van der Waals surface area contributed by atoms with E-state index in [1.807, 2.05) is 6.92 Å². The van der Waals surface area contributed by atoms with Gasteiger partial charge in [0.05, 0.1) is 29.0 Å². The minimum atomic E-state index is -0.862. The second-order valence-electron chi connectivity index (χ2n) is 5.71. The number of hydrazone groups is 1. The summed E-state index contributed by atoms with van der Waals surface area (Å²) < 4.78 is 10.8. The predicted molar refractivity (Wildman–Crippen MR) is 100.0 cm³/mol. The van der Waals surface area contributed by atoms with E-state index in [1.165, 1.54) is 6.21 Å². The van der Waals surface area contributed by atoms with E-state index in [0.717, 1.165) is 19.3 Å². The maximum atomic E-state index is 11.7. The largest absolute Gasteiger partial charge is 0.490 e. The lowest BCUT2D eigenvalue weighted by Gasteiger charge is -2.10. The first-order valence-electron chi connectivity index (χ1n) is 8.36. The third-order valence-corrected chi connectivity index (χ3v) is 4.13. The van der Waals surface area contributed by atoms with Crippen molar-refractivity contribution in [2.75, 3.05) is 19.8 Å². The molecule has 0 unspecified atom stereocenters. The van der Waals surface area contributed by atoms with Crippen molar-refractivity contribution < 1.29 is 19.1 Å². The summed E-state index contributed by atoms with van der Waals surface area (Å²) >= 11 is 12.3. The Morgan fingerprint density at radius 1 is 1.35 bits per heavy atom. The topological polar surface area (TPSA) is 89.0 Å². The quantitative estimate of drug-likeness (QED) is 0.417. The van der Waals surface area contributed by atoms with Crippen molar-refractivity contribution in [2.24, 2.45) is 5.10 Å². The predicted octanol–water partition coefficient (Wildman–Crippen LogP) is 2.53. The molecule has 1 aliphatic rings. The van der Waals surface area contributed by atoms with E-state index in [4.69, 9.17) is 32.7 Å². The van der Waals surface area contributed by atoms with E-state index >= 15 is 0 Å². The van der Waals surface area contributed by atoms with Crippen LogP contribution in [0.25, 0.3) is 0 Å². The zero-order valence-electron chi connectivity index (χ0n) is 14.4. The van der Waals surface area contributed by atoms with E-state index in [2.05, 4.69) is 15.8 Å². The zero-order valence-corrected chi connectivity index (χ0v) is 15.9. The van der Waals surface area contributed by atoms with Gasteiger partial charge in [-0.3, -0.25) is 9.59 Å². The van der Waals surface area contributed by atoms with Gasteiger partial charge in [0.15, 0.2) is 5.75 Å². The Balaban J connectivity index is 1.84. The molecule has 9 heteroatoms. The van der Waals surface area contributed by atoms with Gasteiger partial charge in [0.25, 0.3) is 0 Å². The van der Waals surface area contributed by atoms with Crippen LogP contribution in [0.15, 0.2) is 17.2 Å². The molecule has 2 amide bonds. The van der Waals surface area contributed by atoms with Gasteiger partial charge in [-0.25, -0.2) is 5.43 Å². The molecule has 1 heterocycles. The number of rotatable bonds is 7. The summed E-state index contributed by atoms with van der Waals surface area (Å²) in [5, 5.41) is 6.93. The summed E-state index contributed by atoms with van der Waals surface area (Å²) in [5.74, 6) is -1.22. The van der Waals surface area contributed by atoms with Crippen LogP contribution < -0.4 is 15.5 Å². The highest BCUT2D eigenvalue weighted by atomic mass is 35.5. The Bertz CT molecular complexity index is 653. The first-order valence-corrected chi connectivity index (χ1v) is 9.11. The lowest BCUT2D eigenvalue weighted by Crippen LogP contribution is -2.41. The summed E-state index contributed by atoms with van der Waals surface area (Å²) in [6.07, 6.45) is 3.97. The molecule has 26 heavy (non-hydrogen) atoms. The molecule has 7 nitrogen and oxygen atoms in total. The highest BCUT2D eigenvalue weighted by Crippen LogP contribution is 2.33. The number of nitrogens with zero attached hydrogens (tertiary/aromatic N) is 1. The number of nitrogens with one attached hydrogen (secondary N) is 2. The molecule has 142 valence electrons. The molecule has 1 aromatic rings. The third kappa shape index (κ3) is 6.16. The zero-order chi connectivity index (χ0) is 18.9. The SMILES string of the molecule is CCCOc1c(Cl)cc(/C=N\NC(=O)C(=O)NC[C@@H]2CCCO2)cc1Cl. The van der Waals surface area contributed by atoms with Crippen molar-refractivity contribution in [3.63, 3.8) is 0 Å². The number of hydrogen-bond acceptors (Lipinski definition) is 5. The summed E-state index contributed by atoms with van der Waals surface area (Å²) in [6, 6.07) is 3.21. The molecule has 1 aromatic carbocycles. The molecule has 2 rings (SSSR count). The second-order valence-corrected chi connectivity index (χ2v) is 6.52. The Hall–Kier alpha value is -1.83. The first-order chi connectivity index (χ1) is 12.5. The lowest BCUT2D eigenvalue weighted by atomic mass is 10.2. The molecule has 0 radical (unpaired) electrons. The minimum Gasteiger partial charge on any atom is -0.490 e. The monoisotopic (exact) mass is 401 g/mol. The first kappa shape index (κ1) is 20.5. The van der Waals surface area contributed by atoms with Crippen molar-refractivity contribution in [3.8, 4) is 5.75 Å². The number of benzene rings is 1. The van der Waals surface area contributed by atoms with Crippen molar-refractivity contribution in [1.29, 1.82) is 0 Å². The van der Waals surface area contributed by atoms with Crippen LogP contribution >= 0.6 is 23.2 Å². The summed E-state index contributed by atoms with van der Waals surface area (Å²) in [7, 11) is 0. The summed E-state index contributed by atoms with van der Waals surface area (Å²) in [6.45, 7) is 3.47. The Morgan fingerprint density at radius 3 is 2.69 bits per heavy atom. The lowest BCUT2D eigenvalue weighted by molar-refractivity contribution is -0.139. The number of carbonyl (C=O) groups excluding carboxylic acids is 2. The van der Waals surface area contributed by atoms with Gasteiger partial charge in [-0.05, 0) is 37.0 Å². The number of hydrogen-bond donors (Lipinski definition) is 2. The minimum absolute atomic E-state index is 0.0343. The molecule has 2 N–H and O–H groups in total. The van der Waals surface area contributed by atoms with Crippen LogP contribution in [0.1, 0.15) is 31.7 Å². The molecular formula is C17H21Cl2N3O4. The molecule has 0 spiro atoms. The third-order valence-electron chi connectivity index (χ3n) is 3.57. The Kier molecular flexibility index (Phi) is 8.15. The highest BCUT2D eigenvalue weighted by molar-refractivity contribution is 6.37. The molecule has 0 aliphatic carbocycles. The number of amides is 2. The Morgan fingerprint density at radius 2 is 2.08 bits per heavy atom. The number of halogens is 2. The van der Waals surface area contributed by atoms with E-state index in [-0.39, 0.29) is 6.10 Å². The van der Waals surface area contributed by atoms with Gasteiger partial charge in [0, 0.05) is 13.2 Å². The fraction of sp³-hybridized carbons (Fsp3) is 0.471. The van der Waals surface area contributed by atoms with Gasteiger partial charge in [-0.1, -0.05) is 30.1 Å². The van der Waals surface area contributed by atoms with Crippen LogP contribution in [-0.4, -0.2) is 43.9 Å².